The van der Waals surface area contributed by atoms with Crippen LogP contribution in [0.5, 0.6) is 0 Å². The average Bonchev–Trinajstić information content (AvgIpc) is 3.62. The maximum absolute atomic E-state index is 13.8. The second-order valence-corrected chi connectivity index (χ2v) is 9.94. The van der Waals surface area contributed by atoms with Gasteiger partial charge in [0.05, 0.1) is 6.61 Å². The van der Waals surface area contributed by atoms with Gasteiger partial charge in [-0.2, -0.15) is 0 Å². The average molecular weight is 476 g/mol. The van der Waals surface area contributed by atoms with Gasteiger partial charge in [-0.05, 0) is 56.0 Å². The van der Waals surface area contributed by atoms with Gasteiger partial charge in [0.1, 0.15) is 11.8 Å². The molecule has 35 heavy (non-hydrogen) atoms. The molecule has 3 fully saturated rings. The predicted molar refractivity (Wildman–Crippen MR) is 132 cm³/mol. The van der Waals surface area contributed by atoms with Crippen LogP contribution in [-0.2, 0) is 16.0 Å². The molecule has 2 heterocycles. The highest BCUT2D eigenvalue weighted by molar-refractivity contribution is 5.99. The van der Waals surface area contributed by atoms with E-state index in [4.69, 9.17) is 4.74 Å². The van der Waals surface area contributed by atoms with Gasteiger partial charge in [-0.3, -0.25) is 19.3 Å². The van der Waals surface area contributed by atoms with Crippen molar-refractivity contribution in [3.8, 4) is 0 Å². The molecule has 0 radical (unpaired) electrons. The zero-order valence-electron chi connectivity index (χ0n) is 20.5. The molecule has 1 saturated carbocycles. The monoisotopic (exact) mass is 475 g/mol. The fraction of sp³-hybridized carbons (Fsp3) is 0.464. The Morgan fingerprint density at radius 1 is 1.00 bits per heavy atom. The highest BCUT2D eigenvalue weighted by Crippen LogP contribution is 2.39. The van der Waals surface area contributed by atoms with E-state index in [-0.39, 0.29) is 30.4 Å². The van der Waals surface area contributed by atoms with Crippen molar-refractivity contribution in [2.24, 2.45) is 0 Å². The van der Waals surface area contributed by atoms with Crippen molar-refractivity contribution in [1.82, 2.24) is 15.1 Å². The number of amides is 3. The summed E-state index contributed by atoms with van der Waals surface area (Å²) in [6.07, 6.45) is 3.82. The quantitative estimate of drug-likeness (QED) is 0.720. The van der Waals surface area contributed by atoms with E-state index in [1.54, 1.807) is 11.0 Å². The van der Waals surface area contributed by atoms with E-state index in [1.165, 1.54) is 5.56 Å². The van der Waals surface area contributed by atoms with Gasteiger partial charge in [0.25, 0.3) is 11.8 Å². The van der Waals surface area contributed by atoms with Crippen LogP contribution in [0.25, 0.3) is 0 Å². The van der Waals surface area contributed by atoms with Crippen molar-refractivity contribution >= 4 is 17.7 Å². The summed E-state index contributed by atoms with van der Waals surface area (Å²) in [6, 6.07) is 14.7. The molecule has 1 spiro atoms. The van der Waals surface area contributed by atoms with E-state index >= 15 is 0 Å². The lowest BCUT2D eigenvalue weighted by Gasteiger charge is -2.44. The lowest BCUT2D eigenvalue weighted by Crippen LogP contribution is -2.60. The molecule has 2 aliphatic heterocycles. The van der Waals surface area contributed by atoms with Crippen LogP contribution in [0.15, 0.2) is 48.5 Å². The zero-order chi connectivity index (χ0) is 24.6. The van der Waals surface area contributed by atoms with Crippen LogP contribution in [-0.4, -0.2) is 65.0 Å². The van der Waals surface area contributed by atoms with Crippen LogP contribution in [0.4, 0.5) is 0 Å². The minimum atomic E-state index is -0.894. The van der Waals surface area contributed by atoms with Gasteiger partial charge in [0.15, 0.2) is 0 Å². The molecule has 3 amide bonds. The minimum Gasteiger partial charge on any atom is -0.353 e. The summed E-state index contributed by atoms with van der Waals surface area (Å²) < 4.78 is 6.27. The van der Waals surface area contributed by atoms with E-state index in [0.717, 1.165) is 24.8 Å². The number of nitrogens with zero attached hydrogens (tertiary/aromatic N) is 2. The largest absolute Gasteiger partial charge is 0.353 e. The number of nitrogens with one attached hydrogen (secondary N) is 1. The van der Waals surface area contributed by atoms with Gasteiger partial charge in [0.2, 0.25) is 5.91 Å². The third-order valence-electron chi connectivity index (χ3n) is 7.41. The van der Waals surface area contributed by atoms with Gasteiger partial charge in [0, 0.05) is 43.1 Å². The van der Waals surface area contributed by atoms with Crippen molar-refractivity contribution in [2.75, 3.05) is 19.7 Å². The molecular weight excluding hydrogens is 442 g/mol. The fourth-order valence-electron chi connectivity index (χ4n) is 5.13. The number of hydrogen-bond acceptors (Lipinski definition) is 4. The summed E-state index contributed by atoms with van der Waals surface area (Å²) >= 11 is 0. The van der Waals surface area contributed by atoms with Crippen molar-refractivity contribution in [3.63, 3.8) is 0 Å². The first-order valence-corrected chi connectivity index (χ1v) is 12.6. The molecule has 2 saturated heterocycles. The van der Waals surface area contributed by atoms with E-state index in [2.05, 4.69) is 12.2 Å². The Balaban J connectivity index is 1.36. The molecule has 2 aromatic carbocycles. The summed E-state index contributed by atoms with van der Waals surface area (Å²) in [7, 11) is 0. The molecule has 7 nitrogen and oxygen atoms in total. The molecule has 1 atom stereocenters. The number of rotatable bonds is 5. The Hall–Kier alpha value is -3.19. The number of benzene rings is 2. The molecule has 5 rings (SSSR count). The normalized spacial score (nSPS) is 21.3. The highest BCUT2D eigenvalue weighted by atomic mass is 16.5. The Morgan fingerprint density at radius 3 is 2.34 bits per heavy atom. The molecule has 3 aliphatic rings. The first-order chi connectivity index (χ1) is 16.9. The van der Waals surface area contributed by atoms with Crippen molar-refractivity contribution in [2.45, 2.75) is 63.8 Å². The predicted octanol–water partition coefficient (Wildman–Crippen LogP) is 3.31. The number of carbonyl (C=O) groups excluding carboxylic acids is 3. The molecular formula is C28H33N3O4. The standard InChI is InChI=1S/C28H33N3O4/c1-3-20-7-9-21(10-8-20)26(33)30-15-13-28(14-16-30)31(27(34)22-6-4-5-19(2)17-22)24(18-35-28)25(32)29-23-11-12-23/h4-10,17,23-24H,3,11-16,18H2,1-2H3,(H,29,32)/t24-/m1/s1. The third kappa shape index (κ3) is 4.69. The van der Waals surface area contributed by atoms with Crippen LogP contribution >= 0.6 is 0 Å². The Kier molecular flexibility index (Phi) is 6.36. The lowest BCUT2D eigenvalue weighted by molar-refractivity contribution is -0.128. The van der Waals surface area contributed by atoms with E-state index in [9.17, 15) is 14.4 Å². The molecule has 1 N–H and O–H groups in total. The Labute approximate surface area is 206 Å². The molecule has 0 bridgehead atoms. The highest BCUT2D eigenvalue weighted by Gasteiger charge is 2.54. The SMILES string of the molecule is CCc1ccc(C(=O)N2CCC3(CC2)OC[C@H](C(=O)NC2CC2)N3C(=O)c2cccc(C)c2)cc1. The summed E-state index contributed by atoms with van der Waals surface area (Å²) in [5, 5.41) is 3.05. The zero-order valence-corrected chi connectivity index (χ0v) is 20.5. The number of carbonyl (C=O) groups is 3. The molecule has 7 heteroatoms. The van der Waals surface area contributed by atoms with Crippen LogP contribution in [0.1, 0.15) is 64.4 Å². The van der Waals surface area contributed by atoms with Crippen LogP contribution < -0.4 is 5.32 Å². The number of ether oxygens (including phenoxy) is 1. The summed E-state index contributed by atoms with van der Waals surface area (Å²) in [5.41, 5.74) is 2.50. The molecule has 0 aromatic heterocycles. The van der Waals surface area contributed by atoms with E-state index < -0.39 is 11.8 Å². The number of hydrogen-bond donors (Lipinski definition) is 1. The number of piperidine rings is 1. The summed E-state index contributed by atoms with van der Waals surface area (Å²) in [6.45, 7) is 5.13. The second kappa shape index (κ2) is 9.46. The van der Waals surface area contributed by atoms with Crippen molar-refractivity contribution < 1.29 is 19.1 Å². The maximum Gasteiger partial charge on any atom is 0.256 e. The number of likely N-dealkylation sites (tertiary alicyclic amines) is 1. The second-order valence-electron chi connectivity index (χ2n) is 9.94. The van der Waals surface area contributed by atoms with Gasteiger partial charge in [-0.25, -0.2) is 0 Å². The van der Waals surface area contributed by atoms with Crippen LogP contribution in [0.2, 0.25) is 0 Å². The molecule has 0 unspecified atom stereocenters. The molecule has 1 aliphatic carbocycles. The molecule has 184 valence electrons. The topological polar surface area (TPSA) is 79.0 Å². The van der Waals surface area contributed by atoms with Crippen LogP contribution in [0, 0.1) is 6.92 Å². The van der Waals surface area contributed by atoms with E-state index in [1.807, 2.05) is 54.3 Å². The van der Waals surface area contributed by atoms with Crippen molar-refractivity contribution in [1.29, 1.82) is 0 Å². The summed E-state index contributed by atoms with van der Waals surface area (Å²) in [4.78, 5) is 43.5. The summed E-state index contributed by atoms with van der Waals surface area (Å²) in [5.74, 6) is -0.364. The first-order valence-electron chi connectivity index (χ1n) is 12.6. The van der Waals surface area contributed by atoms with Gasteiger partial charge >= 0.3 is 0 Å². The van der Waals surface area contributed by atoms with Gasteiger partial charge in [-0.1, -0.05) is 36.8 Å². The Bertz CT molecular complexity index is 1120. The van der Waals surface area contributed by atoms with Crippen molar-refractivity contribution in [3.05, 3.63) is 70.8 Å². The van der Waals surface area contributed by atoms with Gasteiger partial charge in [-0.15, -0.1) is 0 Å². The maximum atomic E-state index is 13.8. The van der Waals surface area contributed by atoms with Crippen LogP contribution in [0.3, 0.4) is 0 Å². The fourth-order valence-corrected chi connectivity index (χ4v) is 5.13. The lowest BCUT2D eigenvalue weighted by atomic mass is 9.95. The number of aryl methyl sites for hydroxylation is 2. The smallest absolute Gasteiger partial charge is 0.256 e. The van der Waals surface area contributed by atoms with E-state index in [0.29, 0.717) is 37.1 Å². The molecule has 2 aromatic rings. The minimum absolute atomic E-state index is 0.0138. The van der Waals surface area contributed by atoms with Gasteiger partial charge < -0.3 is 15.0 Å². The first kappa shape index (κ1) is 23.5. The Morgan fingerprint density at radius 2 is 1.71 bits per heavy atom. The third-order valence-corrected chi connectivity index (χ3v) is 7.41.